The summed E-state index contributed by atoms with van der Waals surface area (Å²) in [7, 11) is 1.75. The topological polar surface area (TPSA) is 9.23 Å². The SMILES string of the molecule is COCCCC/C=C/c1cccc(C)c1. The second-order valence-electron chi connectivity index (χ2n) is 3.81. The van der Waals surface area contributed by atoms with Crippen molar-refractivity contribution in [2.24, 2.45) is 0 Å². The van der Waals surface area contributed by atoms with Crippen LogP contribution in [0.5, 0.6) is 0 Å². The van der Waals surface area contributed by atoms with Crippen LogP contribution >= 0.6 is 0 Å². The van der Waals surface area contributed by atoms with Crippen LogP contribution in [0.3, 0.4) is 0 Å². The average molecular weight is 204 g/mol. The van der Waals surface area contributed by atoms with E-state index in [0.717, 1.165) is 19.4 Å². The first-order valence-corrected chi connectivity index (χ1v) is 5.55. The highest BCUT2D eigenvalue weighted by Crippen LogP contribution is 2.07. The molecule has 0 aromatic heterocycles. The molecule has 0 saturated carbocycles. The molecule has 0 N–H and O–H groups in total. The van der Waals surface area contributed by atoms with Crippen LogP contribution in [-0.2, 0) is 4.74 Å². The molecule has 1 aromatic rings. The Morgan fingerprint density at radius 1 is 1.27 bits per heavy atom. The number of benzene rings is 1. The van der Waals surface area contributed by atoms with Crippen LogP contribution in [0.15, 0.2) is 30.3 Å². The Bertz CT molecular complexity index is 302. The molecule has 1 aromatic carbocycles. The highest BCUT2D eigenvalue weighted by molar-refractivity contribution is 5.49. The summed E-state index contributed by atoms with van der Waals surface area (Å²) in [5, 5.41) is 0. The van der Waals surface area contributed by atoms with Gasteiger partial charge in [-0.25, -0.2) is 0 Å². The third-order valence-corrected chi connectivity index (χ3v) is 2.32. The lowest BCUT2D eigenvalue weighted by Gasteiger charge is -1.97. The second-order valence-corrected chi connectivity index (χ2v) is 3.81. The van der Waals surface area contributed by atoms with Gasteiger partial charge in [-0.3, -0.25) is 0 Å². The molecule has 1 nitrogen and oxygen atoms in total. The summed E-state index contributed by atoms with van der Waals surface area (Å²) >= 11 is 0. The zero-order valence-electron chi connectivity index (χ0n) is 9.70. The Labute approximate surface area is 92.8 Å². The fourth-order valence-electron chi connectivity index (χ4n) is 1.50. The summed E-state index contributed by atoms with van der Waals surface area (Å²) in [6, 6.07) is 8.56. The zero-order chi connectivity index (χ0) is 10.9. The van der Waals surface area contributed by atoms with Gasteiger partial charge in [-0.2, -0.15) is 0 Å². The highest BCUT2D eigenvalue weighted by atomic mass is 16.5. The lowest BCUT2D eigenvalue weighted by Crippen LogP contribution is -1.86. The van der Waals surface area contributed by atoms with Crippen molar-refractivity contribution in [2.45, 2.75) is 26.2 Å². The smallest absolute Gasteiger partial charge is 0.0462 e. The maximum absolute atomic E-state index is 5.00. The number of allylic oxidation sites excluding steroid dienone is 1. The monoisotopic (exact) mass is 204 g/mol. The maximum Gasteiger partial charge on any atom is 0.0462 e. The molecule has 0 aliphatic rings. The van der Waals surface area contributed by atoms with Gasteiger partial charge in [0, 0.05) is 13.7 Å². The molecule has 15 heavy (non-hydrogen) atoms. The third kappa shape index (κ3) is 5.38. The first kappa shape index (κ1) is 12.0. The molecule has 0 heterocycles. The van der Waals surface area contributed by atoms with Crippen LogP contribution in [0.2, 0.25) is 0 Å². The summed E-state index contributed by atoms with van der Waals surface area (Å²) in [5.74, 6) is 0. The van der Waals surface area contributed by atoms with Gasteiger partial charge in [0.15, 0.2) is 0 Å². The Kier molecular flexibility index (Phi) is 5.79. The van der Waals surface area contributed by atoms with Crippen molar-refractivity contribution >= 4 is 6.08 Å². The first-order chi connectivity index (χ1) is 7.33. The molecule has 0 aliphatic carbocycles. The summed E-state index contributed by atoms with van der Waals surface area (Å²) in [6.45, 7) is 2.99. The van der Waals surface area contributed by atoms with Gasteiger partial charge in [-0.05, 0) is 31.7 Å². The second kappa shape index (κ2) is 7.24. The van der Waals surface area contributed by atoms with Crippen LogP contribution in [0.4, 0.5) is 0 Å². The van der Waals surface area contributed by atoms with Gasteiger partial charge in [-0.1, -0.05) is 42.0 Å². The molecule has 0 amide bonds. The summed E-state index contributed by atoms with van der Waals surface area (Å²) in [5.41, 5.74) is 2.61. The minimum absolute atomic E-state index is 0.873. The minimum atomic E-state index is 0.873. The van der Waals surface area contributed by atoms with Crippen molar-refractivity contribution in [3.63, 3.8) is 0 Å². The Morgan fingerprint density at radius 2 is 2.13 bits per heavy atom. The van der Waals surface area contributed by atoms with Gasteiger partial charge in [-0.15, -0.1) is 0 Å². The number of rotatable bonds is 6. The Balaban J connectivity index is 2.26. The van der Waals surface area contributed by atoms with E-state index in [4.69, 9.17) is 4.74 Å². The summed E-state index contributed by atoms with van der Waals surface area (Å²) in [6.07, 6.45) is 7.92. The number of unbranched alkanes of at least 4 members (excludes halogenated alkanes) is 2. The molecule has 0 saturated heterocycles. The predicted molar refractivity (Wildman–Crippen MR) is 65.9 cm³/mol. The standard InChI is InChI=1S/C14H20O/c1-13-8-7-10-14(12-13)9-5-3-4-6-11-15-2/h5,7-10,12H,3-4,6,11H2,1-2H3/b9-5+. The van der Waals surface area contributed by atoms with E-state index in [-0.39, 0.29) is 0 Å². The lowest BCUT2D eigenvalue weighted by molar-refractivity contribution is 0.193. The normalized spacial score (nSPS) is 11.1. The number of aryl methyl sites for hydroxylation is 1. The molecule has 0 fully saturated rings. The summed E-state index contributed by atoms with van der Waals surface area (Å²) < 4.78 is 5.00. The molecule has 0 unspecified atom stereocenters. The van der Waals surface area contributed by atoms with Crippen LogP contribution < -0.4 is 0 Å². The van der Waals surface area contributed by atoms with Crippen molar-refractivity contribution in [3.05, 3.63) is 41.5 Å². The van der Waals surface area contributed by atoms with E-state index >= 15 is 0 Å². The van der Waals surface area contributed by atoms with Crippen molar-refractivity contribution in [2.75, 3.05) is 13.7 Å². The molecule has 0 bridgehead atoms. The molecule has 0 spiro atoms. The molecule has 0 radical (unpaired) electrons. The van der Waals surface area contributed by atoms with Crippen molar-refractivity contribution in [1.29, 1.82) is 0 Å². The van der Waals surface area contributed by atoms with Crippen LogP contribution in [-0.4, -0.2) is 13.7 Å². The van der Waals surface area contributed by atoms with Crippen LogP contribution in [0.25, 0.3) is 6.08 Å². The number of hydrogen-bond donors (Lipinski definition) is 0. The van der Waals surface area contributed by atoms with E-state index in [2.05, 4.69) is 43.3 Å². The van der Waals surface area contributed by atoms with Crippen LogP contribution in [0, 0.1) is 6.92 Å². The van der Waals surface area contributed by atoms with Crippen molar-refractivity contribution in [1.82, 2.24) is 0 Å². The van der Waals surface area contributed by atoms with Gasteiger partial charge in [0.1, 0.15) is 0 Å². The van der Waals surface area contributed by atoms with Gasteiger partial charge >= 0.3 is 0 Å². The van der Waals surface area contributed by atoms with Crippen molar-refractivity contribution in [3.8, 4) is 0 Å². The number of ether oxygens (including phenoxy) is 1. The van der Waals surface area contributed by atoms with Crippen molar-refractivity contribution < 1.29 is 4.74 Å². The predicted octanol–water partition coefficient (Wildman–Crippen LogP) is 3.82. The van der Waals surface area contributed by atoms with Gasteiger partial charge < -0.3 is 4.74 Å². The van der Waals surface area contributed by atoms with Gasteiger partial charge in [0.25, 0.3) is 0 Å². The fourth-order valence-corrected chi connectivity index (χ4v) is 1.50. The zero-order valence-corrected chi connectivity index (χ0v) is 9.70. The minimum Gasteiger partial charge on any atom is -0.385 e. The largest absolute Gasteiger partial charge is 0.385 e. The van der Waals surface area contributed by atoms with E-state index < -0.39 is 0 Å². The Morgan fingerprint density at radius 3 is 2.87 bits per heavy atom. The molecule has 0 atom stereocenters. The summed E-state index contributed by atoms with van der Waals surface area (Å²) in [4.78, 5) is 0. The Hall–Kier alpha value is -1.08. The van der Waals surface area contributed by atoms with Gasteiger partial charge in [0.05, 0.1) is 0 Å². The molecular weight excluding hydrogens is 184 g/mol. The van der Waals surface area contributed by atoms with E-state index in [1.54, 1.807) is 7.11 Å². The lowest BCUT2D eigenvalue weighted by atomic mass is 10.1. The number of hydrogen-bond acceptors (Lipinski definition) is 1. The van der Waals surface area contributed by atoms with E-state index in [0.29, 0.717) is 0 Å². The first-order valence-electron chi connectivity index (χ1n) is 5.55. The maximum atomic E-state index is 5.00. The molecular formula is C14H20O. The molecule has 1 rings (SSSR count). The average Bonchev–Trinajstić information content (AvgIpc) is 2.23. The fraction of sp³-hybridized carbons (Fsp3) is 0.429. The van der Waals surface area contributed by atoms with Gasteiger partial charge in [0.2, 0.25) is 0 Å². The molecule has 82 valence electrons. The van der Waals surface area contributed by atoms with E-state index in [1.807, 2.05) is 0 Å². The van der Waals surface area contributed by atoms with Crippen LogP contribution in [0.1, 0.15) is 30.4 Å². The number of methoxy groups -OCH3 is 1. The molecule has 0 aliphatic heterocycles. The van der Waals surface area contributed by atoms with E-state index in [9.17, 15) is 0 Å². The van der Waals surface area contributed by atoms with E-state index in [1.165, 1.54) is 17.5 Å². The molecule has 1 heteroatoms. The third-order valence-electron chi connectivity index (χ3n) is 2.32. The highest BCUT2D eigenvalue weighted by Gasteiger charge is 1.87. The quantitative estimate of drug-likeness (QED) is 0.640.